The van der Waals surface area contributed by atoms with Gasteiger partial charge in [-0.15, -0.1) is 0 Å². The lowest BCUT2D eigenvalue weighted by atomic mass is 9.73. The number of hydrogen-bond acceptors (Lipinski definition) is 8. The average Bonchev–Trinajstić information content (AvgIpc) is 2.90. The topological polar surface area (TPSA) is 191 Å². The molecule has 0 radical (unpaired) electrons. The number of halogens is 6. The molecular formula is C27H22F6N4O6S2. The van der Waals surface area contributed by atoms with Crippen LogP contribution >= 0.6 is 0 Å². The minimum atomic E-state index is -5.90. The Hall–Kier alpha value is -4.52. The molecule has 0 aliphatic rings. The Labute approximate surface area is 252 Å². The highest BCUT2D eigenvalue weighted by atomic mass is 32.2. The summed E-state index contributed by atoms with van der Waals surface area (Å²) in [5.41, 5.74) is 3.82. The molecule has 4 aromatic carbocycles. The van der Waals surface area contributed by atoms with E-state index in [2.05, 4.69) is 0 Å². The smallest absolute Gasteiger partial charge is 0.411 e. The molecule has 240 valence electrons. The van der Waals surface area contributed by atoms with E-state index in [1.807, 2.05) is 0 Å². The molecule has 0 unspecified atom stereocenters. The molecule has 0 saturated heterocycles. The predicted molar refractivity (Wildman–Crippen MR) is 150 cm³/mol. The van der Waals surface area contributed by atoms with E-state index in [-0.39, 0.29) is 34.4 Å². The van der Waals surface area contributed by atoms with E-state index in [1.165, 1.54) is 12.1 Å². The molecule has 0 aliphatic heterocycles. The normalized spacial score (nSPS) is 13.0. The van der Waals surface area contributed by atoms with Gasteiger partial charge >= 0.3 is 12.4 Å². The number of alkyl halides is 6. The highest BCUT2D eigenvalue weighted by Gasteiger charge is 2.72. The molecular weight excluding hydrogens is 654 g/mol. The number of nitrogens with two attached hydrogens (primary N) is 4. The Bertz CT molecular complexity index is 1810. The summed E-state index contributed by atoms with van der Waals surface area (Å²) in [6, 6.07) is 12.3. The third-order valence-electron chi connectivity index (χ3n) is 6.48. The van der Waals surface area contributed by atoms with Gasteiger partial charge in [-0.2, -0.15) is 26.3 Å². The second-order valence-corrected chi connectivity index (χ2v) is 12.5. The Morgan fingerprint density at radius 2 is 0.778 bits per heavy atom. The molecule has 4 rings (SSSR count). The second kappa shape index (κ2) is 11.4. The van der Waals surface area contributed by atoms with Crippen molar-refractivity contribution in [3.8, 4) is 23.0 Å². The monoisotopic (exact) mass is 676 g/mol. The number of ether oxygens (including phenoxy) is 2. The van der Waals surface area contributed by atoms with Crippen molar-refractivity contribution < 1.29 is 52.7 Å². The van der Waals surface area contributed by atoms with Crippen molar-refractivity contribution in [2.24, 2.45) is 10.3 Å². The Balaban J connectivity index is 1.72. The summed E-state index contributed by atoms with van der Waals surface area (Å²) in [4.78, 5) is -1.00. The lowest BCUT2D eigenvalue weighted by Crippen LogP contribution is -2.54. The molecule has 0 saturated carbocycles. The lowest BCUT2D eigenvalue weighted by Gasteiger charge is -2.38. The van der Waals surface area contributed by atoms with Gasteiger partial charge in [0.1, 0.15) is 32.8 Å². The fraction of sp³-hybridized carbons (Fsp3) is 0.111. The molecule has 0 fully saturated rings. The summed E-state index contributed by atoms with van der Waals surface area (Å²) >= 11 is 0. The molecule has 45 heavy (non-hydrogen) atoms. The first-order valence-electron chi connectivity index (χ1n) is 12.2. The quantitative estimate of drug-likeness (QED) is 0.146. The number of anilines is 2. The minimum Gasteiger partial charge on any atom is -0.457 e. The van der Waals surface area contributed by atoms with E-state index in [0.29, 0.717) is 24.3 Å². The zero-order chi connectivity index (χ0) is 33.6. The maximum atomic E-state index is 14.6. The van der Waals surface area contributed by atoms with Crippen molar-refractivity contribution in [3.05, 3.63) is 96.1 Å². The molecule has 0 heterocycles. The maximum absolute atomic E-state index is 14.6. The standard InChI is InChI=1S/C27H22F6N4O6S2/c28-26(29,30)25(27(31,32)33,15-1-5-17(6-2-15)42-19-9-11-21(34)23(13-19)44(36,38)39)16-3-7-18(8-4-16)43-20-10-12-22(35)24(14-20)45(37,40)41/h1-14H,34-35H2,(H2,36,38,39)(H2,37,40,41). The van der Waals surface area contributed by atoms with Crippen LogP contribution in [0.4, 0.5) is 37.7 Å². The van der Waals surface area contributed by atoms with Gasteiger partial charge in [0.15, 0.2) is 0 Å². The maximum Gasteiger partial charge on any atom is 0.411 e. The fourth-order valence-corrected chi connectivity index (χ4v) is 5.80. The number of sulfonamides is 2. The van der Waals surface area contributed by atoms with Crippen LogP contribution in [0.15, 0.2) is 94.7 Å². The van der Waals surface area contributed by atoms with Gasteiger partial charge in [0.2, 0.25) is 25.5 Å². The highest BCUT2D eigenvalue weighted by molar-refractivity contribution is 7.89. The largest absolute Gasteiger partial charge is 0.457 e. The van der Waals surface area contributed by atoms with Crippen LogP contribution in [0.3, 0.4) is 0 Å². The SMILES string of the molecule is Nc1ccc(Oc2ccc(C(c3ccc(Oc4ccc(N)c(S(N)(=O)=O)c4)cc3)(C(F)(F)F)C(F)(F)F)cc2)cc1S(N)(=O)=O. The molecule has 18 heteroatoms. The third-order valence-corrected chi connectivity index (χ3v) is 8.41. The number of hydrogen-bond donors (Lipinski definition) is 4. The van der Waals surface area contributed by atoms with Gasteiger partial charge in [0.25, 0.3) is 0 Å². The van der Waals surface area contributed by atoms with E-state index in [9.17, 15) is 43.2 Å². The van der Waals surface area contributed by atoms with Crippen LogP contribution in [0.25, 0.3) is 0 Å². The van der Waals surface area contributed by atoms with Crippen molar-refractivity contribution in [1.82, 2.24) is 0 Å². The molecule has 8 N–H and O–H groups in total. The Kier molecular flexibility index (Phi) is 8.49. The summed E-state index contributed by atoms with van der Waals surface area (Å²) in [6.07, 6.45) is -11.8. The Morgan fingerprint density at radius 3 is 1.04 bits per heavy atom. The first kappa shape index (κ1) is 33.4. The van der Waals surface area contributed by atoms with E-state index in [1.54, 1.807) is 0 Å². The van der Waals surface area contributed by atoms with Crippen LogP contribution in [-0.4, -0.2) is 29.2 Å². The number of rotatable bonds is 8. The van der Waals surface area contributed by atoms with E-state index in [0.717, 1.165) is 48.5 Å². The molecule has 0 aromatic heterocycles. The van der Waals surface area contributed by atoms with Crippen molar-refractivity contribution in [2.45, 2.75) is 27.6 Å². The molecule has 0 bridgehead atoms. The van der Waals surface area contributed by atoms with Gasteiger partial charge in [-0.25, -0.2) is 27.1 Å². The predicted octanol–water partition coefficient (Wildman–Crippen LogP) is 5.14. The van der Waals surface area contributed by atoms with Gasteiger partial charge < -0.3 is 20.9 Å². The van der Waals surface area contributed by atoms with E-state index in [4.69, 9.17) is 31.2 Å². The molecule has 10 nitrogen and oxygen atoms in total. The number of nitrogen functional groups attached to an aromatic ring is 2. The summed E-state index contributed by atoms with van der Waals surface area (Å²) in [5, 5.41) is 10.2. The summed E-state index contributed by atoms with van der Waals surface area (Å²) < 4.78 is 145. The summed E-state index contributed by atoms with van der Waals surface area (Å²) in [7, 11) is -8.53. The average molecular weight is 677 g/mol. The molecule has 4 aromatic rings. The van der Waals surface area contributed by atoms with Gasteiger partial charge in [0.05, 0.1) is 11.4 Å². The van der Waals surface area contributed by atoms with Crippen LogP contribution in [0.5, 0.6) is 23.0 Å². The van der Waals surface area contributed by atoms with Crippen LogP contribution in [0, 0.1) is 0 Å². The molecule has 0 amide bonds. The molecule has 0 aliphatic carbocycles. The zero-order valence-corrected chi connectivity index (χ0v) is 24.1. The molecule has 0 atom stereocenters. The van der Waals surface area contributed by atoms with Crippen LogP contribution in [0.2, 0.25) is 0 Å². The first-order chi connectivity index (χ1) is 20.6. The Morgan fingerprint density at radius 1 is 0.489 bits per heavy atom. The van der Waals surface area contributed by atoms with Crippen molar-refractivity contribution >= 4 is 31.4 Å². The number of primary sulfonamides is 2. The zero-order valence-electron chi connectivity index (χ0n) is 22.4. The van der Waals surface area contributed by atoms with Crippen molar-refractivity contribution in [2.75, 3.05) is 11.5 Å². The highest BCUT2D eigenvalue weighted by Crippen LogP contribution is 2.56. The lowest BCUT2D eigenvalue weighted by molar-refractivity contribution is -0.288. The summed E-state index contributed by atoms with van der Waals surface area (Å²) in [5.74, 6) is -0.778. The first-order valence-corrected chi connectivity index (χ1v) is 15.3. The van der Waals surface area contributed by atoms with Crippen molar-refractivity contribution in [1.29, 1.82) is 0 Å². The van der Waals surface area contributed by atoms with Gasteiger partial charge in [-0.05, 0) is 59.7 Å². The molecule has 0 spiro atoms. The van der Waals surface area contributed by atoms with Crippen LogP contribution in [-0.2, 0) is 25.5 Å². The van der Waals surface area contributed by atoms with Crippen LogP contribution < -0.4 is 31.2 Å². The van der Waals surface area contributed by atoms with Crippen molar-refractivity contribution in [3.63, 3.8) is 0 Å². The number of benzene rings is 4. The van der Waals surface area contributed by atoms with Gasteiger partial charge in [-0.3, -0.25) is 0 Å². The second-order valence-electron chi connectivity index (χ2n) is 9.49. The van der Waals surface area contributed by atoms with Gasteiger partial charge in [-0.1, -0.05) is 24.3 Å². The van der Waals surface area contributed by atoms with E-state index >= 15 is 0 Å². The minimum absolute atomic E-state index is 0.160. The fourth-order valence-electron chi connectivity index (χ4n) is 4.45. The van der Waals surface area contributed by atoms with Crippen LogP contribution in [0.1, 0.15) is 11.1 Å². The van der Waals surface area contributed by atoms with Gasteiger partial charge in [0, 0.05) is 12.1 Å². The van der Waals surface area contributed by atoms with E-state index < -0.39 is 58.7 Å². The summed E-state index contributed by atoms with van der Waals surface area (Å²) in [6.45, 7) is 0. The third kappa shape index (κ3) is 6.63.